The van der Waals surface area contributed by atoms with E-state index in [0.717, 1.165) is 23.7 Å². The van der Waals surface area contributed by atoms with Crippen molar-refractivity contribution < 1.29 is 0 Å². The molecule has 1 heteroatoms. The Morgan fingerprint density at radius 2 is 2.00 bits per heavy atom. The zero-order valence-corrected chi connectivity index (χ0v) is 15.0. The van der Waals surface area contributed by atoms with Crippen LogP contribution in [-0.4, -0.2) is 5.71 Å². The molecule has 0 amide bonds. The molecule has 1 saturated carbocycles. The van der Waals surface area contributed by atoms with Gasteiger partial charge in [-0.15, -0.1) is 0 Å². The highest BCUT2D eigenvalue weighted by Crippen LogP contribution is 2.46. The van der Waals surface area contributed by atoms with E-state index in [9.17, 15) is 0 Å². The van der Waals surface area contributed by atoms with E-state index >= 15 is 0 Å². The average Bonchev–Trinajstić information content (AvgIpc) is 2.62. The van der Waals surface area contributed by atoms with Crippen LogP contribution in [0.3, 0.4) is 0 Å². The number of rotatable bonds is 4. The minimum Gasteiger partial charge on any atom is -0.257 e. The van der Waals surface area contributed by atoms with E-state index in [-0.39, 0.29) is 0 Å². The summed E-state index contributed by atoms with van der Waals surface area (Å²) in [7, 11) is 0. The molecule has 0 spiro atoms. The zero-order valence-electron chi connectivity index (χ0n) is 15.0. The summed E-state index contributed by atoms with van der Waals surface area (Å²) in [4.78, 5) is 5.09. The van der Waals surface area contributed by atoms with Gasteiger partial charge in [0.15, 0.2) is 0 Å². The maximum absolute atomic E-state index is 5.09. The van der Waals surface area contributed by atoms with E-state index in [1.807, 2.05) is 0 Å². The number of benzene rings is 1. The topological polar surface area (TPSA) is 12.4 Å². The molecular weight excluding hydrogens is 290 g/mol. The number of hydrogen-bond acceptors (Lipinski definition) is 1. The highest BCUT2D eigenvalue weighted by Gasteiger charge is 2.36. The van der Waals surface area contributed by atoms with E-state index < -0.39 is 0 Å². The molecule has 1 fully saturated rings. The second kappa shape index (κ2) is 6.70. The van der Waals surface area contributed by atoms with E-state index in [0.29, 0.717) is 5.92 Å². The van der Waals surface area contributed by atoms with Crippen LogP contribution in [0.5, 0.6) is 0 Å². The maximum atomic E-state index is 5.09. The van der Waals surface area contributed by atoms with E-state index in [1.54, 1.807) is 0 Å². The van der Waals surface area contributed by atoms with Gasteiger partial charge >= 0.3 is 0 Å². The molecule has 0 saturated heterocycles. The van der Waals surface area contributed by atoms with Crippen molar-refractivity contribution in [3.63, 3.8) is 0 Å². The van der Waals surface area contributed by atoms with Crippen molar-refractivity contribution in [2.45, 2.75) is 51.9 Å². The molecule has 1 aromatic carbocycles. The van der Waals surface area contributed by atoms with Crippen molar-refractivity contribution in [2.24, 2.45) is 28.7 Å². The standard InChI is InChI=1S/C23H29N/c1-16(14-18-8-4-3-5-9-18)17(2)20-13-12-19-15-23(20)24-22-11-7-6-10-21(19)22/h3-8,10-11,16-20H,9,12-15H2,1-2H3. The third-order valence-corrected chi connectivity index (χ3v) is 6.63. The van der Waals surface area contributed by atoms with Crippen LogP contribution in [0.1, 0.15) is 57.4 Å². The van der Waals surface area contributed by atoms with Crippen molar-refractivity contribution >= 4 is 11.4 Å². The fraction of sp³-hybridized carbons (Fsp3) is 0.522. The second-order valence-electron chi connectivity index (χ2n) is 8.13. The van der Waals surface area contributed by atoms with Crippen LogP contribution < -0.4 is 0 Å². The van der Waals surface area contributed by atoms with Gasteiger partial charge in [-0.3, -0.25) is 4.99 Å². The number of hydrogen-bond donors (Lipinski definition) is 0. The van der Waals surface area contributed by atoms with Crippen molar-refractivity contribution in [1.82, 2.24) is 0 Å². The van der Waals surface area contributed by atoms with Gasteiger partial charge in [0.1, 0.15) is 0 Å². The Kier molecular flexibility index (Phi) is 4.43. The summed E-state index contributed by atoms with van der Waals surface area (Å²) in [5.41, 5.74) is 4.22. The second-order valence-corrected chi connectivity index (χ2v) is 8.13. The molecule has 0 aromatic heterocycles. The zero-order chi connectivity index (χ0) is 16.5. The monoisotopic (exact) mass is 319 g/mol. The Bertz CT molecular complexity index is 681. The minimum absolute atomic E-state index is 0.688. The molecule has 2 aliphatic carbocycles. The lowest BCUT2D eigenvalue weighted by molar-refractivity contribution is 0.252. The van der Waals surface area contributed by atoms with Crippen molar-refractivity contribution in [1.29, 1.82) is 0 Å². The average molecular weight is 319 g/mol. The Labute approximate surface area is 146 Å². The summed E-state index contributed by atoms with van der Waals surface area (Å²) in [6, 6.07) is 8.79. The number of nitrogens with zero attached hydrogens (tertiary/aromatic N) is 1. The maximum Gasteiger partial charge on any atom is 0.0664 e. The van der Waals surface area contributed by atoms with Crippen LogP contribution in [0.4, 0.5) is 5.69 Å². The molecule has 1 aliphatic heterocycles. The first-order chi connectivity index (χ1) is 11.7. The molecule has 3 aliphatic rings. The highest BCUT2D eigenvalue weighted by atomic mass is 14.8. The molecule has 1 aromatic rings. The normalized spacial score (nSPS) is 30.4. The van der Waals surface area contributed by atoms with Gasteiger partial charge in [0, 0.05) is 11.6 Å². The molecule has 5 atom stereocenters. The first-order valence-corrected chi connectivity index (χ1v) is 9.72. The smallest absolute Gasteiger partial charge is 0.0664 e. The van der Waals surface area contributed by atoms with Gasteiger partial charge in [-0.2, -0.15) is 0 Å². The number of fused-ring (bicyclic) bond motifs is 4. The van der Waals surface area contributed by atoms with Gasteiger partial charge in [-0.1, -0.05) is 56.4 Å². The van der Waals surface area contributed by atoms with Gasteiger partial charge < -0.3 is 0 Å². The lowest BCUT2D eigenvalue weighted by Gasteiger charge is -2.39. The first-order valence-electron chi connectivity index (χ1n) is 9.72. The number of aliphatic imine (C=N–C) groups is 1. The van der Waals surface area contributed by atoms with Crippen molar-refractivity contribution in [2.75, 3.05) is 0 Å². The summed E-state index contributed by atoms with van der Waals surface area (Å²) in [5, 5.41) is 0. The van der Waals surface area contributed by atoms with E-state index in [4.69, 9.17) is 4.99 Å². The number of para-hydroxylation sites is 1. The molecule has 0 N–H and O–H groups in total. The highest BCUT2D eigenvalue weighted by molar-refractivity contribution is 5.93. The van der Waals surface area contributed by atoms with Gasteiger partial charge in [0.05, 0.1) is 5.69 Å². The van der Waals surface area contributed by atoms with Gasteiger partial charge in [-0.05, 0) is 67.4 Å². The molecular formula is C23H29N. The SMILES string of the molecule is CC(CC1C=CC=CC1)C(C)C1CCC2CC1=Nc1ccccc12. The summed E-state index contributed by atoms with van der Waals surface area (Å²) >= 11 is 0. The van der Waals surface area contributed by atoms with Crippen LogP contribution >= 0.6 is 0 Å². The van der Waals surface area contributed by atoms with Crippen LogP contribution in [0.2, 0.25) is 0 Å². The molecule has 24 heavy (non-hydrogen) atoms. The van der Waals surface area contributed by atoms with Crippen molar-refractivity contribution in [3.8, 4) is 0 Å². The lowest BCUT2D eigenvalue weighted by Crippen LogP contribution is -2.33. The Hall–Kier alpha value is -1.63. The van der Waals surface area contributed by atoms with Crippen LogP contribution in [0, 0.1) is 23.7 Å². The molecule has 0 radical (unpaired) electrons. The van der Waals surface area contributed by atoms with E-state index in [1.165, 1.54) is 49.1 Å². The summed E-state index contributed by atoms with van der Waals surface area (Å²) in [6.07, 6.45) is 15.5. The molecule has 5 unspecified atom stereocenters. The van der Waals surface area contributed by atoms with Crippen LogP contribution in [0.25, 0.3) is 0 Å². The molecule has 4 rings (SSSR count). The van der Waals surface area contributed by atoms with Crippen LogP contribution in [-0.2, 0) is 0 Å². The van der Waals surface area contributed by atoms with Crippen molar-refractivity contribution in [3.05, 3.63) is 54.1 Å². The largest absolute Gasteiger partial charge is 0.257 e. The number of allylic oxidation sites excluding steroid dienone is 4. The molecule has 1 heterocycles. The Morgan fingerprint density at radius 1 is 1.12 bits per heavy atom. The summed E-state index contributed by atoms with van der Waals surface area (Å²) in [6.45, 7) is 4.93. The molecule has 1 nitrogen and oxygen atoms in total. The summed E-state index contributed by atoms with van der Waals surface area (Å²) < 4.78 is 0. The van der Waals surface area contributed by atoms with E-state index in [2.05, 4.69) is 62.4 Å². The van der Waals surface area contributed by atoms with Gasteiger partial charge in [0.2, 0.25) is 0 Å². The summed E-state index contributed by atoms with van der Waals surface area (Å²) in [5.74, 6) is 3.63. The minimum atomic E-state index is 0.688. The van der Waals surface area contributed by atoms with Gasteiger partial charge in [0.25, 0.3) is 0 Å². The fourth-order valence-electron chi connectivity index (χ4n) is 5.00. The van der Waals surface area contributed by atoms with Gasteiger partial charge in [-0.25, -0.2) is 0 Å². The fourth-order valence-corrected chi connectivity index (χ4v) is 5.00. The first kappa shape index (κ1) is 15.9. The third kappa shape index (κ3) is 3.01. The Morgan fingerprint density at radius 3 is 2.83 bits per heavy atom. The Balaban J connectivity index is 1.49. The molecule has 126 valence electrons. The predicted molar refractivity (Wildman–Crippen MR) is 103 cm³/mol. The predicted octanol–water partition coefficient (Wildman–Crippen LogP) is 6.45. The van der Waals surface area contributed by atoms with Crippen LogP contribution in [0.15, 0.2) is 53.6 Å². The lowest BCUT2D eigenvalue weighted by atomic mass is 9.67. The third-order valence-electron chi connectivity index (χ3n) is 6.63. The molecule has 2 bridgehead atoms. The quantitative estimate of drug-likeness (QED) is 0.604.